The average Bonchev–Trinajstić information content (AvgIpc) is 4.13. The van der Waals surface area contributed by atoms with Gasteiger partial charge < -0.3 is 54.9 Å². The van der Waals surface area contributed by atoms with Crippen molar-refractivity contribution in [3.63, 3.8) is 0 Å². The van der Waals surface area contributed by atoms with Crippen LogP contribution in [0.2, 0.25) is 0 Å². The maximum Gasteiger partial charge on any atom is 0.329 e. The molecule has 0 radical (unpaired) electrons. The van der Waals surface area contributed by atoms with E-state index < -0.39 is 150 Å². The normalized spacial score (nSPS) is 27.2. The third-order valence-electron chi connectivity index (χ3n) is 15.4. The Hall–Kier alpha value is -6.45. The third kappa shape index (κ3) is 16.8. The van der Waals surface area contributed by atoms with E-state index in [1.54, 1.807) is 52.0 Å². The largest absolute Gasteiger partial charge is 0.497 e. The number of ether oxygens (including phenoxy) is 3. The molecule has 3 aliphatic rings. The minimum atomic E-state index is -1.78. The predicted molar refractivity (Wildman–Crippen MR) is 289 cm³/mol. The zero-order valence-electron chi connectivity index (χ0n) is 48.7. The van der Waals surface area contributed by atoms with E-state index in [2.05, 4.69) is 16.0 Å². The first-order chi connectivity index (χ1) is 37.0. The minimum Gasteiger partial charge on any atom is -0.497 e. The summed E-state index contributed by atoms with van der Waals surface area (Å²) in [5.74, 6) is -11.3. The monoisotopic (exact) mass is 1110 g/mol. The average molecular weight is 1110 g/mol. The molecule has 22 nitrogen and oxygen atoms in total. The van der Waals surface area contributed by atoms with Gasteiger partial charge in [-0.1, -0.05) is 73.9 Å². The molecule has 1 aromatic rings. The molecule has 0 spiro atoms. The highest BCUT2D eigenvalue weighted by atomic mass is 16.6. The summed E-state index contributed by atoms with van der Waals surface area (Å²) in [6, 6.07) is -2.32. The van der Waals surface area contributed by atoms with E-state index >= 15 is 0 Å². The van der Waals surface area contributed by atoms with Gasteiger partial charge in [0.15, 0.2) is 11.9 Å². The molecular formula is C57H87N7O15. The molecule has 79 heavy (non-hydrogen) atoms. The number of nitrogens with one attached hydrogen (secondary N) is 3. The minimum absolute atomic E-state index is 0.0545. The van der Waals surface area contributed by atoms with Crippen LogP contribution >= 0.6 is 0 Å². The molecule has 22 heteroatoms. The van der Waals surface area contributed by atoms with Gasteiger partial charge in [0, 0.05) is 40.5 Å². The standard InChI is InChI=1S/C57H87N7O15/c1-15-33(8)46-44(66)29-45(67)79-49(32(6)7)48(68)34(9)50(69)58-39(26-30(2)3)54(73)64-25-17-19-41(64)56(75)62(13)43(28-37-20-22-38(77-14)23-21-37)57(76)78-36(11)47(52(71)59-46)60-51(70)42(27-31(4)5)61(12)55(74)40-18-16-24-63(40)53(72)35(10)65/h20-23,30-34,36,39-44,46-47,49,66H,15-19,24-29H2,1-14H3,(H,58,69)(H,59,71)(H,60,70)/t33-,34-,36+,39-,40-,41-,42+,43-,44-,46+,47-,49?/m0/s1. The Morgan fingerprint density at radius 3 is 2.06 bits per heavy atom. The molecule has 7 amide bonds. The molecule has 1 aromatic carbocycles. The Morgan fingerprint density at radius 1 is 0.861 bits per heavy atom. The van der Waals surface area contributed by atoms with Crippen LogP contribution in [0.4, 0.5) is 0 Å². The topological polar surface area (TPSA) is 285 Å². The number of likely N-dealkylation sites (tertiary alicyclic amines) is 1. The molecule has 3 saturated heterocycles. The number of aliphatic hydroxyl groups is 1. The lowest BCUT2D eigenvalue weighted by Gasteiger charge is -2.36. The van der Waals surface area contributed by atoms with Crippen LogP contribution in [0, 0.1) is 29.6 Å². The predicted octanol–water partition coefficient (Wildman–Crippen LogP) is 2.52. The summed E-state index contributed by atoms with van der Waals surface area (Å²) in [4.78, 5) is 160. The van der Waals surface area contributed by atoms with E-state index in [9.17, 15) is 57.8 Å². The van der Waals surface area contributed by atoms with E-state index in [0.717, 1.165) is 6.92 Å². The van der Waals surface area contributed by atoms with Crippen molar-refractivity contribution in [1.82, 2.24) is 35.6 Å². The van der Waals surface area contributed by atoms with Crippen molar-refractivity contribution in [2.75, 3.05) is 34.3 Å². The second-order valence-corrected chi connectivity index (χ2v) is 22.8. The van der Waals surface area contributed by atoms with E-state index in [-0.39, 0.29) is 57.0 Å². The summed E-state index contributed by atoms with van der Waals surface area (Å²) in [6.45, 7) is 18.1. The van der Waals surface area contributed by atoms with Crippen LogP contribution < -0.4 is 20.7 Å². The number of esters is 2. The van der Waals surface area contributed by atoms with Crippen molar-refractivity contribution >= 4 is 64.9 Å². The number of ketones is 2. The lowest BCUT2D eigenvalue weighted by Crippen LogP contribution is -2.62. The van der Waals surface area contributed by atoms with Gasteiger partial charge in [0.2, 0.25) is 41.2 Å². The first kappa shape index (κ1) is 65.1. The number of carbonyl (C=O) groups is 11. The number of nitrogens with zero attached hydrogens (tertiary/aromatic N) is 4. The number of cyclic esters (lactones) is 2. The highest BCUT2D eigenvalue weighted by molar-refractivity contribution is 6.35. The van der Waals surface area contributed by atoms with Crippen LogP contribution in [0.1, 0.15) is 133 Å². The first-order valence-electron chi connectivity index (χ1n) is 27.9. The number of likely N-dealkylation sites (N-methyl/N-ethyl adjacent to an activating group) is 2. The van der Waals surface area contributed by atoms with Gasteiger partial charge in [0.25, 0.3) is 5.91 Å². The lowest BCUT2D eigenvalue weighted by molar-refractivity contribution is -0.163. The number of amides is 7. The van der Waals surface area contributed by atoms with Crippen molar-refractivity contribution in [2.24, 2.45) is 29.6 Å². The fourth-order valence-electron chi connectivity index (χ4n) is 10.5. The van der Waals surface area contributed by atoms with Gasteiger partial charge in [-0.05, 0) is 93.7 Å². The molecule has 0 saturated carbocycles. The molecule has 4 N–H and O–H groups in total. The first-order valence-corrected chi connectivity index (χ1v) is 27.9. The van der Waals surface area contributed by atoms with E-state index in [0.29, 0.717) is 30.6 Å². The van der Waals surface area contributed by atoms with Crippen molar-refractivity contribution in [3.05, 3.63) is 29.8 Å². The zero-order chi connectivity index (χ0) is 59.3. The zero-order valence-corrected chi connectivity index (χ0v) is 48.7. The number of benzene rings is 1. The number of aliphatic hydroxyl groups excluding tert-OH is 1. The fraction of sp³-hybridized carbons (Fsp3) is 0.702. The maximum absolute atomic E-state index is 15.0. The van der Waals surface area contributed by atoms with Crippen molar-refractivity contribution in [2.45, 2.75) is 195 Å². The summed E-state index contributed by atoms with van der Waals surface area (Å²) >= 11 is 0. The van der Waals surface area contributed by atoms with Crippen molar-refractivity contribution in [3.8, 4) is 5.75 Å². The third-order valence-corrected chi connectivity index (χ3v) is 15.4. The lowest BCUT2D eigenvalue weighted by atomic mass is 9.91. The highest BCUT2D eigenvalue weighted by Crippen LogP contribution is 2.27. The smallest absolute Gasteiger partial charge is 0.329 e. The van der Waals surface area contributed by atoms with Gasteiger partial charge in [-0.3, -0.25) is 47.9 Å². The Kier molecular flexibility index (Phi) is 24.0. The molecule has 3 fully saturated rings. The van der Waals surface area contributed by atoms with Gasteiger partial charge in [-0.25, -0.2) is 4.79 Å². The molecule has 440 valence electrons. The molecule has 12 atom stereocenters. The quantitative estimate of drug-likeness (QED) is 0.112. The number of rotatable bonds is 15. The van der Waals surface area contributed by atoms with Gasteiger partial charge in [0.1, 0.15) is 48.1 Å². The number of methoxy groups -OCH3 is 1. The molecule has 0 bridgehead atoms. The summed E-state index contributed by atoms with van der Waals surface area (Å²) < 4.78 is 17.2. The van der Waals surface area contributed by atoms with Gasteiger partial charge >= 0.3 is 11.9 Å². The van der Waals surface area contributed by atoms with Crippen LogP contribution in [-0.2, 0) is 68.6 Å². The number of fused-ring (bicyclic) bond motifs is 1. The maximum atomic E-state index is 15.0. The number of Topliss-reactive ketones (excluding diaryl/α,β-unsaturated/α-hetero) is 2. The summed E-state index contributed by atoms with van der Waals surface area (Å²) in [5.41, 5.74) is 0.566. The Balaban J connectivity index is 1.89. The molecule has 3 aliphatic heterocycles. The SMILES string of the molecule is CC[C@H](C)[C@H]1NC(=O)[C@@H](NC(=O)[C@@H](CC(C)C)N(C)C(=O)[C@@H]2CCCN2C(=O)C(C)=O)[C@@H](C)OC(=O)[C@H](Cc2ccc(OC)cc2)N(C)C(=O)[C@@H]2CCCN2C(=O)[C@H](CC(C)C)NC(=O)[C@@H](C)C(=O)C(C(C)C)OC(=O)C[C@@H]1O. The number of carbonyl (C=O) groups excluding carboxylic acids is 11. The van der Waals surface area contributed by atoms with Crippen LogP contribution in [0.3, 0.4) is 0 Å². The van der Waals surface area contributed by atoms with Crippen LogP contribution in [0.5, 0.6) is 5.75 Å². The van der Waals surface area contributed by atoms with E-state index in [1.165, 1.54) is 54.7 Å². The van der Waals surface area contributed by atoms with Crippen LogP contribution in [0.15, 0.2) is 24.3 Å². The van der Waals surface area contributed by atoms with Gasteiger partial charge in [-0.2, -0.15) is 0 Å². The van der Waals surface area contributed by atoms with Gasteiger partial charge in [-0.15, -0.1) is 0 Å². The molecule has 1 unspecified atom stereocenters. The van der Waals surface area contributed by atoms with Crippen LogP contribution in [-0.4, -0.2) is 184 Å². The molecule has 4 rings (SSSR count). The molecule has 0 aliphatic carbocycles. The Bertz CT molecular complexity index is 2380. The van der Waals surface area contributed by atoms with Gasteiger partial charge in [0.05, 0.1) is 31.6 Å². The molecule has 0 aromatic heterocycles. The summed E-state index contributed by atoms with van der Waals surface area (Å²) in [6.07, 6.45) is -3.76. The summed E-state index contributed by atoms with van der Waals surface area (Å²) in [7, 11) is 4.26. The molecule has 3 heterocycles. The highest BCUT2D eigenvalue weighted by Gasteiger charge is 2.46. The van der Waals surface area contributed by atoms with Crippen molar-refractivity contribution in [1.29, 1.82) is 0 Å². The second-order valence-electron chi connectivity index (χ2n) is 22.8. The Morgan fingerprint density at radius 2 is 1.49 bits per heavy atom. The second kappa shape index (κ2) is 29.1. The Labute approximate surface area is 465 Å². The van der Waals surface area contributed by atoms with E-state index in [4.69, 9.17) is 14.2 Å². The fourth-order valence-corrected chi connectivity index (χ4v) is 10.5. The van der Waals surface area contributed by atoms with Crippen LogP contribution in [0.25, 0.3) is 0 Å². The number of hydrogen-bond donors (Lipinski definition) is 4. The number of hydrogen-bond acceptors (Lipinski definition) is 15. The van der Waals surface area contributed by atoms with Crippen molar-refractivity contribution < 1.29 is 72.1 Å². The molecular weight excluding hydrogens is 1020 g/mol. The summed E-state index contributed by atoms with van der Waals surface area (Å²) in [5, 5.41) is 20.1. The van der Waals surface area contributed by atoms with E-state index in [1.807, 2.05) is 27.7 Å².